The van der Waals surface area contributed by atoms with E-state index in [0.29, 0.717) is 11.3 Å². The molecule has 5 heteroatoms. The molecule has 0 spiro atoms. The van der Waals surface area contributed by atoms with Crippen molar-refractivity contribution in [2.45, 2.75) is 31.9 Å². The quantitative estimate of drug-likeness (QED) is 0.756. The lowest BCUT2D eigenvalue weighted by Crippen LogP contribution is -2.39. The Bertz CT molecular complexity index is 509. The Hall–Kier alpha value is -1.52. The van der Waals surface area contributed by atoms with Gasteiger partial charge in [0.05, 0.1) is 17.5 Å². The molecular formula is C13H14F3NO. The van der Waals surface area contributed by atoms with E-state index in [-0.39, 0.29) is 0 Å². The molecule has 1 heterocycles. The third kappa shape index (κ3) is 1.78. The number of fused-ring (bicyclic) bond motifs is 1. The normalized spacial score (nSPS) is 23.4. The SMILES string of the molecule is Cc1cccc2c1N(C)C(=O)C2(C)CC(F)(F)F. The van der Waals surface area contributed by atoms with E-state index in [1.54, 1.807) is 25.1 Å². The lowest BCUT2D eigenvalue weighted by Gasteiger charge is -2.24. The highest BCUT2D eigenvalue weighted by molar-refractivity contribution is 6.08. The van der Waals surface area contributed by atoms with E-state index < -0.39 is 23.9 Å². The summed E-state index contributed by atoms with van der Waals surface area (Å²) >= 11 is 0. The zero-order valence-electron chi connectivity index (χ0n) is 10.4. The second kappa shape index (κ2) is 3.73. The minimum atomic E-state index is -4.36. The van der Waals surface area contributed by atoms with Gasteiger partial charge in [-0.2, -0.15) is 13.2 Å². The van der Waals surface area contributed by atoms with Crippen molar-refractivity contribution < 1.29 is 18.0 Å². The molecule has 18 heavy (non-hydrogen) atoms. The summed E-state index contributed by atoms with van der Waals surface area (Å²) in [5, 5.41) is 0. The molecular weight excluding hydrogens is 243 g/mol. The van der Waals surface area contributed by atoms with Crippen LogP contribution in [0.25, 0.3) is 0 Å². The average molecular weight is 257 g/mol. The first-order chi connectivity index (χ1) is 8.17. The molecule has 0 aliphatic carbocycles. The summed E-state index contributed by atoms with van der Waals surface area (Å²) < 4.78 is 38.0. The van der Waals surface area contributed by atoms with Crippen molar-refractivity contribution in [1.29, 1.82) is 0 Å². The number of amides is 1. The Morgan fingerprint density at radius 2 is 1.94 bits per heavy atom. The first-order valence-corrected chi connectivity index (χ1v) is 5.62. The number of carbonyl (C=O) groups is 1. The highest BCUT2D eigenvalue weighted by atomic mass is 19.4. The Balaban J connectivity index is 2.59. The van der Waals surface area contributed by atoms with Gasteiger partial charge in [0.15, 0.2) is 0 Å². The molecule has 2 rings (SSSR count). The van der Waals surface area contributed by atoms with Crippen LogP contribution >= 0.6 is 0 Å². The van der Waals surface area contributed by atoms with E-state index in [9.17, 15) is 18.0 Å². The van der Waals surface area contributed by atoms with Gasteiger partial charge in [-0.15, -0.1) is 0 Å². The maximum Gasteiger partial charge on any atom is 0.390 e. The van der Waals surface area contributed by atoms with Gasteiger partial charge in [-0.1, -0.05) is 18.2 Å². The molecule has 0 saturated heterocycles. The van der Waals surface area contributed by atoms with Crippen molar-refractivity contribution in [3.05, 3.63) is 29.3 Å². The lowest BCUT2D eigenvalue weighted by molar-refractivity contribution is -0.154. The van der Waals surface area contributed by atoms with Gasteiger partial charge in [0.25, 0.3) is 0 Å². The fourth-order valence-electron chi connectivity index (χ4n) is 2.71. The van der Waals surface area contributed by atoms with Gasteiger partial charge < -0.3 is 4.90 Å². The number of likely N-dealkylation sites (N-methyl/N-ethyl adjacent to an activating group) is 1. The lowest BCUT2D eigenvalue weighted by atomic mass is 9.80. The molecule has 0 radical (unpaired) electrons. The molecule has 1 atom stereocenters. The molecule has 1 aromatic carbocycles. The van der Waals surface area contributed by atoms with Crippen LogP contribution < -0.4 is 4.90 Å². The molecule has 0 aromatic heterocycles. The minimum Gasteiger partial charge on any atom is -0.314 e. The van der Waals surface area contributed by atoms with Gasteiger partial charge in [-0.05, 0) is 25.0 Å². The number of hydrogen-bond donors (Lipinski definition) is 0. The first-order valence-electron chi connectivity index (χ1n) is 5.62. The number of benzene rings is 1. The molecule has 98 valence electrons. The van der Waals surface area contributed by atoms with Crippen LogP contribution in [0.15, 0.2) is 18.2 Å². The van der Waals surface area contributed by atoms with Crippen molar-refractivity contribution in [3.63, 3.8) is 0 Å². The first kappa shape index (κ1) is 12.9. The Morgan fingerprint density at radius 1 is 1.33 bits per heavy atom. The largest absolute Gasteiger partial charge is 0.390 e. The van der Waals surface area contributed by atoms with Gasteiger partial charge >= 0.3 is 6.18 Å². The maximum atomic E-state index is 12.7. The van der Waals surface area contributed by atoms with Crippen molar-refractivity contribution in [1.82, 2.24) is 0 Å². The number of aryl methyl sites for hydroxylation is 1. The third-order valence-corrected chi connectivity index (χ3v) is 3.50. The molecule has 1 amide bonds. The maximum absolute atomic E-state index is 12.7. The summed E-state index contributed by atoms with van der Waals surface area (Å²) in [5.41, 5.74) is 0.379. The Kier molecular flexibility index (Phi) is 2.68. The van der Waals surface area contributed by atoms with Crippen molar-refractivity contribution in [2.75, 3.05) is 11.9 Å². The second-order valence-electron chi connectivity index (χ2n) is 4.96. The Morgan fingerprint density at radius 3 is 2.50 bits per heavy atom. The van der Waals surface area contributed by atoms with Crippen LogP contribution in [0.1, 0.15) is 24.5 Å². The fraction of sp³-hybridized carbons (Fsp3) is 0.462. The smallest absolute Gasteiger partial charge is 0.314 e. The number of nitrogens with zero attached hydrogens (tertiary/aromatic N) is 1. The highest BCUT2D eigenvalue weighted by Crippen LogP contribution is 2.47. The molecule has 1 aliphatic heterocycles. The van der Waals surface area contributed by atoms with Gasteiger partial charge in [0, 0.05) is 7.05 Å². The molecule has 0 fully saturated rings. The van der Waals surface area contributed by atoms with E-state index in [0.717, 1.165) is 5.56 Å². The van der Waals surface area contributed by atoms with E-state index in [1.807, 2.05) is 0 Å². The summed E-state index contributed by atoms with van der Waals surface area (Å²) in [6.07, 6.45) is -5.49. The monoisotopic (exact) mass is 257 g/mol. The number of alkyl halides is 3. The molecule has 1 unspecified atom stereocenters. The molecule has 1 aromatic rings. The van der Waals surface area contributed by atoms with Crippen LogP contribution in [-0.4, -0.2) is 19.1 Å². The highest BCUT2D eigenvalue weighted by Gasteiger charge is 2.52. The van der Waals surface area contributed by atoms with Crippen molar-refractivity contribution in [3.8, 4) is 0 Å². The van der Waals surface area contributed by atoms with Crippen LogP contribution in [0, 0.1) is 6.92 Å². The zero-order valence-corrected chi connectivity index (χ0v) is 10.4. The predicted molar refractivity (Wildman–Crippen MR) is 62.6 cm³/mol. The van der Waals surface area contributed by atoms with E-state index in [1.165, 1.54) is 18.9 Å². The van der Waals surface area contributed by atoms with Gasteiger partial charge in [-0.3, -0.25) is 4.79 Å². The van der Waals surface area contributed by atoms with Gasteiger partial charge in [-0.25, -0.2) is 0 Å². The summed E-state index contributed by atoms with van der Waals surface area (Å²) in [6.45, 7) is 3.16. The standard InChI is InChI=1S/C13H14F3NO/c1-8-5-4-6-9-10(8)17(3)11(18)12(9,2)7-13(14,15)16/h4-6H,7H2,1-3H3. The molecule has 0 N–H and O–H groups in total. The van der Waals surface area contributed by atoms with Gasteiger partial charge in [0.2, 0.25) is 5.91 Å². The minimum absolute atomic E-state index is 0.465. The van der Waals surface area contributed by atoms with Crippen molar-refractivity contribution in [2.24, 2.45) is 0 Å². The number of para-hydroxylation sites is 1. The molecule has 0 saturated carbocycles. The van der Waals surface area contributed by atoms with Crippen LogP contribution in [-0.2, 0) is 10.2 Å². The molecule has 2 nitrogen and oxygen atoms in total. The number of halogens is 3. The summed E-state index contributed by atoms with van der Waals surface area (Å²) in [4.78, 5) is 13.5. The van der Waals surface area contributed by atoms with E-state index in [4.69, 9.17) is 0 Å². The van der Waals surface area contributed by atoms with Gasteiger partial charge in [0.1, 0.15) is 0 Å². The van der Waals surface area contributed by atoms with Crippen LogP contribution in [0.4, 0.5) is 18.9 Å². The van der Waals surface area contributed by atoms with Crippen LogP contribution in [0.5, 0.6) is 0 Å². The topological polar surface area (TPSA) is 20.3 Å². The summed E-state index contributed by atoms with van der Waals surface area (Å²) in [7, 11) is 1.52. The van der Waals surface area contributed by atoms with E-state index in [2.05, 4.69) is 0 Å². The number of anilines is 1. The van der Waals surface area contributed by atoms with Crippen molar-refractivity contribution >= 4 is 11.6 Å². The average Bonchev–Trinajstić information content (AvgIpc) is 2.40. The fourth-order valence-corrected chi connectivity index (χ4v) is 2.71. The number of rotatable bonds is 1. The van der Waals surface area contributed by atoms with Crippen LogP contribution in [0.2, 0.25) is 0 Å². The Labute approximate surface area is 103 Å². The second-order valence-corrected chi connectivity index (χ2v) is 4.96. The van der Waals surface area contributed by atoms with Crippen LogP contribution in [0.3, 0.4) is 0 Å². The van der Waals surface area contributed by atoms with E-state index >= 15 is 0 Å². The summed E-state index contributed by atoms with van der Waals surface area (Å²) in [6, 6.07) is 5.09. The zero-order chi connectivity index (χ0) is 13.7. The molecule has 0 bridgehead atoms. The number of hydrogen-bond acceptors (Lipinski definition) is 1. The number of carbonyl (C=O) groups excluding carboxylic acids is 1. The molecule has 1 aliphatic rings. The summed E-state index contributed by atoms with van der Waals surface area (Å²) in [5.74, 6) is -0.496. The third-order valence-electron chi connectivity index (χ3n) is 3.50. The predicted octanol–water partition coefficient (Wildman–Crippen LogP) is 3.18.